The molecule has 27 heavy (non-hydrogen) atoms. The van der Waals surface area contributed by atoms with Gasteiger partial charge in [-0.1, -0.05) is 35.9 Å². The van der Waals surface area contributed by atoms with E-state index in [-0.39, 0.29) is 5.91 Å². The number of thiocarbonyl (C=S) groups is 1. The highest BCUT2D eigenvalue weighted by molar-refractivity contribution is 7.80. The number of amides is 1. The molecule has 5 nitrogen and oxygen atoms in total. The van der Waals surface area contributed by atoms with E-state index < -0.39 is 6.04 Å². The number of rotatable bonds is 4. The van der Waals surface area contributed by atoms with Gasteiger partial charge in [0, 0.05) is 22.0 Å². The maximum Gasteiger partial charge on any atom is 0.255 e. The number of nitrogens with one attached hydrogen (secondary N) is 3. The lowest BCUT2D eigenvalue weighted by molar-refractivity contribution is -0.113. The van der Waals surface area contributed by atoms with Crippen molar-refractivity contribution in [1.82, 2.24) is 10.6 Å². The summed E-state index contributed by atoms with van der Waals surface area (Å²) in [6.07, 6.45) is 0. The second kappa shape index (κ2) is 7.98. The third kappa shape index (κ3) is 4.07. The van der Waals surface area contributed by atoms with Crippen molar-refractivity contribution in [2.45, 2.75) is 19.9 Å². The van der Waals surface area contributed by atoms with Crippen LogP contribution in [0.25, 0.3) is 0 Å². The normalized spacial score (nSPS) is 16.4. The van der Waals surface area contributed by atoms with Crippen LogP contribution in [0.5, 0.6) is 5.75 Å². The highest BCUT2D eigenvalue weighted by Gasteiger charge is 2.31. The van der Waals surface area contributed by atoms with Crippen molar-refractivity contribution in [3.8, 4) is 5.75 Å². The Morgan fingerprint density at radius 2 is 1.96 bits per heavy atom. The van der Waals surface area contributed by atoms with Gasteiger partial charge in [-0.2, -0.15) is 0 Å². The average Bonchev–Trinajstić information content (AvgIpc) is 2.64. The monoisotopic (exact) mass is 401 g/mol. The van der Waals surface area contributed by atoms with Gasteiger partial charge in [0.1, 0.15) is 5.75 Å². The number of aryl methyl sites for hydroxylation is 1. The summed E-state index contributed by atoms with van der Waals surface area (Å²) in [4.78, 5) is 13.1. The first kappa shape index (κ1) is 19.2. The van der Waals surface area contributed by atoms with E-state index in [4.69, 9.17) is 28.6 Å². The first-order valence-electron chi connectivity index (χ1n) is 8.39. The molecule has 1 unspecified atom stereocenters. The van der Waals surface area contributed by atoms with Crippen molar-refractivity contribution in [3.05, 3.63) is 69.9 Å². The molecule has 0 radical (unpaired) electrons. The number of hydrogen-bond donors (Lipinski definition) is 3. The number of para-hydroxylation sites is 1. The Balaban J connectivity index is 1.98. The first-order valence-corrected chi connectivity index (χ1v) is 9.18. The van der Waals surface area contributed by atoms with E-state index in [2.05, 4.69) is 16.0 Å². The molecule has 0 spiro atoms. The van der Waals surface area contributed by atoms with Crippen LogP contribution in [-0.4, -0.2) is 18.1 Å². The van der Waals surface area contributed by atoms with E-state index >= 15 is 0 Å². The molecular weight excluding hydrogens is 382 g/mol. The molecule has 1 aliphatic heterocycles. The first-order chi connectivity index (χ1) is 12.9. The second-order valence-corrected chi connectivity index (χ2v) is 7.05. The highest BCUT2D eigenvalue weighted by atomic mass is 35.5. The van der Waals surface area contributed by atoms with Crippen molar-refractivity contribution < 1.29 is 9.53 Å². The van der Waals surface area contributed by atoms with Crippen LogP contribution in [0.15, 0.2) is 53.7 Å². The number of halogens is 1. The van der Waals surface area contributed by atoms with Gasteiger partial charge in [0.2, 0.25) is 0 Å². The Labute approximate surface area is 168 Å². The zero-order valence-corrected chi connectivity index (χ0v) is 16.8. The van der Waals surface area contributed by atoms with Gasteiger partial charge in [0.05, 0.1) is 18.7 Å². The molecule has 1 aliphatic rings. The molecular formula is C20H20ClN3O2S. The van der Waals surface area contributed by atoms with Gasteiger partial charge < -0.3 is 20.7 Å². The molecule has 140 valence electrons. The molecule has 1 heterocycles. The number of anilines is 1. The zero-order valence-electron chi connectivity index (χ0n) is 15.2. The lowest BCUT2D eigenvalue weighted by Gasteiger charge is -2.31. The molecule has 0 aromatic heterocycles. The minimum atomic E-state index is -0.434. The van der Waals surface area contributed by atoms with Gasteiger partial charge >= 0.3 is 0 Å². The molecule has 1 atom stereocenters. The van der Waals surface area contributed by atoms with Gasteiger partial charge in [-0.05, 0) is 49.8 Å². The molecule has 0 fully saturated rings. The summed E-state index contributed by atoms with van der Waals surface area (Å²) in [7, 11) is 1.60. The van der Waals surface area contributed by atoms with E-state index in [1.54, 1.807) is 13.2 Å². The molecule has 2 aromatic carbocycles. The van der Waals surface area contributed by atoms with Crippen molar-refractivity contribution >= 4 is 40.5 Å². The second-order valence-electron chi connectivity index (χ2n) is 6.23. The average molecular weight is 402 g/mol. The molecule has 0 saturated carbocycles. The van der Waals surface area contributed by atoms with Crippen LogP contribution in [0.4, 0.5) is 5.69 Å². The predicted molar refractivity (Wildman–Crippen MR) is 112 cm³/mol. The fraction of sp³-hybridized carbons (Fsp3) is 0.200. The SMILES string of the molecule is COc1ccccc1C1NC(=S)NC(C)=C1C(=O)Nc1ccc(C)c(Cl)c1. The van der Waals surface area contributed by atoms with Crippen LogP contribution in [0.2, 0.25) is 5.02 Å². The summed E-state index contributed by atoms with van der Waals surface area (Å²) >= 11 is 11.5. The quantitative estimate of drug-likeness (QED) is 0.673. The largest absolute Gasteiger partial charge is 0.496 e. The summed E-state index contributed by atoms with van der Waals surface area (Å²) in [6.45, 7) is 3.74. The molecule has 7 heteroatoms. The lowest BCUT2D eigenvalue weighted by atomic mass is 9.94. The number of carbonyl (C=O) groups is 1. The number of allylic oxidation sites excluding steroid dienone is 1. The summed E-state index contributed by atoms with van der Waals surface area (Å²) in [6, 6.07) is 12.5. The van der Waals surface area contributed by atoms with Crippen molar-refractivity contribution in [1.29, 1.82) is 0 Å². The van der Waals surface area contributed by atoms with Crippen LogP contribution < -0.4 is 20.7 Å². The minimum absolute atomic E-state index is 0.245. The van der Waals surface area contributed by atoms with Crippen LogP contribution in [0, 0.1) is 6.92 Å². The van der Waals surface area contributed by atoms with Gasteiger partial charge in [-0.25, -0.2) is 0 Å². The molecule has 0 bridgehead atoms. The summed E-state index contributed by atoms with van der Waals surface area (Å²) in [5, 5.41) is 10.2. The number of ether oxygens (including phenoxy) is 1. The topological polar surface area (TPSA) is 62.4 Å². The number of carbonyl (C=O) groups excluding carboxylic acids is 1. The maximum absolute atomic E-state index is 13.1. The van der Waals surface area contributed by atoms with E-state index in [1.807, 2.05) is 50.2 Å². The van der Waals surface area contributed by atoms with Crippen molar-refractivity contribution in [3.63, 3.8) is 0 Å². The molecule has 0 aliphatic carbocycles. The van der Waals surface area contributed by atoms with Gasteiger partial charge in [0.25, 0.3) is 5.91 Å². The van der Waals surface area contributed by atoms with Crippen LogP contribution in [0.1, 0.15) is 24.1 Å². The zero-order chi connectivity index (χ0) is 19.6. The van der Waals surface area contributed by atoms with Gasteiger partial charge in [0.15, 0.2) is 5.11 Å². The van der Waals surface area contributed by atoms with Crippen molar-refractivity contribution in [2.24, 2.45) is 0 Å². The number of methoxy groups -OCH3 is 1. The third-order valence-electron chi connectivity index (χ3n) is 4.39. The van der Waals surface area contributed by atoms with Gasteiger partial charge in [-0.15, -0.1) is 0 Å². The van der Waals surface area contributed by atoms with Crippen molar-refractivity contribution in [2.75, 3.05) is 12.4 Å². The lowest BCUT2D eigenvalue weighted by Crippen LogP contribution is -2.45. The molecule has 2 aromatic rings. The smallest absolute Gasteiger partial charge is 0.255 e. The van der Waals surface area contributed by atoms with E-state index in [0.29, 0.717) is 32.8 Å². The molecule has 0 saturated heterocycles. The van der Waals surface area contributed by atoms with Gasteiger partial charge in [-0.3, -0.25) is 4.79 Å². The van der Waals surface area contributed by atoms with Crippen LogP contribution in [-0.2, 0) is 4.79 Å². The summed E-state index contributed by atoms with van der Waals surface area (Å²) in [5.41, 5.74) is 3.62. The Hall–Kier alpha value is -2.57. The summed E-state index contributed by atoms with van der Waals surface area (Å²) < 4.78 is 5.47. The predicted octanol–water partition coefficient (Wildman–Crippen LogP) is 4.09. The Morgan fingerprint density at radius 1 is 1.22 bits per heavy atom. The standard InChI is InChI=1S/C20H20ClN3O2S/c1-11-8-9-13(10-15(11)21)23-19(25)17-12(2)22-20(27)24-18(17)14-6-4-5-7-16(14)26-3/h4-10,18H,1-3H3,(H,23,25)(H2,22,24,27). The number of hydrogen-bond acceptors (Lipinski definition) is 3. The molecule has 1 amide bonds. The van der Waals surface area contributed by atoms with Crippen LogP contribution >= 0.6 is 23.8 Å². The Morgan fingerprint density at radius 3 is 2.67 bits per heavy atom. The molecule has 3 N–H and O–H groups in total. The fourth-order valence-electron chi connectivity index (χ4n) is 3.00. The maximum atomic E-state index is 13.1. The third-order valence-corrected chi connectivity index (χ3v) is 5.02. The van der Waals surface area contributed by atoms with E-state index in [0.717, 1.165) is 11.1 Å². The van der Waals surface area contributed by atoms with Crippen LogP contribution in [0.3, 0.4) is 0 Å². The van der Waals surface area contributed by atoms with E-state index in [9.17, 15) is 4.79 Å². The van der Waals surface area contributed by atoms with E-state index in [1.165, 1.54) is 0 Å². The summed E-state index contributed by atoms with van der Waals surface area (Å²) in [5.74, 6) is 0.432. The minimum Gasteiger partial charge on any atom is -0.496 e. The Bertz CT molecular complexity index is 943. The fourth-order valence-corrected chi connectivity index (χ4v) is 3.45. The number of benzene rings is 2. The Kier molecular flexibility index (Phi) is 5.68. The molecule has 3 rings (SSSR count). The highest BCUT2D eigenvalue weighted by Crippen LogP contribution is 2.33.